The molecule has 50 valence electrons. The summed E-state index contributed by atoms with van der Waals surface area (Å²) in [6.07, 6.45) is 0. The Labute approximate surface area is 84.1 Å². The lowest BCUT2D eigenvalue weighted by molar-refractivity contribution is 1.37. The molecule has 0 radical (unpaired) electrons. The quantitative estimate of drug-likeness (QED) is 0.649. The summed E-state index contributed by atoms with van der Waals surface area (Å²) >= 11 is 2.39. The molecular formula is C6H8Al2S2. The van der Waals surface area contributed by atoms with Crippen LogP contribution in [0.2, 0.25) is 0 Å². The van der Waals surface area contributed by atoms with Crippen LogP contribution in [0.5, 0.6) is 0 Å². The molecule has 1 rings (SSSR count). The summed E-state index contributed by atoms with van der Waals surface area (Å²) in [5, 5.41) is 0. The first kappa shape index (κ1) is 9.08. The van der Waals surface area contributed by atoms with Crippen LogP contribution in [0, 0.1) is 0 Å². The first-order chi connectivity index (χ1) is 4.86. The predicted octanol–water partition coefficient (Wildman–Crippen LogP) is 0.967. The van der Waals surface area contributed by atoms with E-state index in [0.29, 0.717) is 0 Å². The zero-order chi connectivity index (χ0) is 7.40. The monoisotopic (exact) mass is 198 g/mol. The van der Waals surface area contributed by atoms with Gasteiger partial charge >= 0.3 is 30.3 Å². The standard InChI is InChI=1S/C6H6S2.2Al.4H/c7-5-1-2-6(8)4-3-5;;;;;;/h1-4,7-8H;;;;;;/q;2*+1;;;;/p-2. The molecule has 0 atom stereocenters. The van der Waals surface area contributed by atoms with Gasteiger partial charge in [0.25, 0.3) is 0 Å². The van der Waals surface area contributed by atoms with Crippen LogP contribution in [-0.2, 0) is 0 Å². The fourth-order valence-corrected chi connectivity index (χ4v) is 3.16. The van der Waals surface area contributed by atoms with E-state index >= 15 is 0 Å². The van der Waals surface area contributed by atoms with Crippen LogP contribution in [0.25, 0.3) is 0 Å². The van der Waals surface area contributed by atoms with E-state index in [-0.39, 0.29) is 0 Å². The van der Waals surface area contributed by atoms with Crippen molar-refractivity contribution in [2.75, 3.05) is 0 Å². The SMILES string of the molecule is [AlH2][S]c1ccc([S][AlH2])cc1. The van der Waals surface area contributed by atoms with Crippen LogP contribution in [0.3, 0.4) is 0 Å². The summed E-state index contributed by atoms with van der Waals surface area (Å²) in [5.74, 6) is 0. The third-order valence-corrected chi connectivity index (χ3v) is 5.61. The maximum atomic E-state index is 2.21. The van der Waals surface area contributed by atoms with Crippen molar-refractivity contribution in [3.63, 3.8) is 0 Å². The molecule has 0 saturated heterocycles. The van der Waals surface area contributed by atoms with E-state index in [1.165, 1.54) is 40.1 Å². The normalized spacial score (nSPS) is 9.60. The summed E-state index contributed by atoms with van der Waals surface area (Å²) < 4.78 is 0. The van der Waals surface area contributed by atoms with Gasteiger partial charge in [-0.1, -0.05) is 0 Å². The molecule has 0 aliphatic heterocycles. The summed E-state index contributed by atoms with van der Waals surface area (Å²) in [4.78, 5) is 2.82. The predicted molar refractivity (Wildman–Crippen MR) is 55.2 cm³/mol. The molecule has 0 saturated carbocycles. The highest BCUT2D eigenvalue weighted by Gasteiger charge is 1.88. The summed E-state index contributed by atoms with van der Waals surface area (Å²) in [6, 6.07) is 8.82. The Kier molecular flexibility index (Phi) is 4.34. The molecule has 4 heteroatoms. The number of hydrogen-bond acceptors (Lipinski definition) is 2. The lowest BCUT2D eigenvalue weighted by Crippen LogP contribution is -1.71. The van der Waals surface area contributed by atoms with Gasteiger partial charge in [-0.2, -0.15) is 0 Å². The highest BCUT2D eigenvalue weighted by molar-refractivity contribution is 8.20. The van der Waals surface area contributed by atoms with Crippen molar-refractivity contribution in [2.45, 2.75) is 9.79 Å². The molecule has 0 nitrogen and oxygen atoms in total. The van der Waals surface area contributed by atoms with Gasteiger partial charge in [0, 0.05) is 0 Å². The average Bonchev–Trinajstić information content (AvgIpc) is 2.05. The zero-order valence-electron chi connectivity index (χ0n) is 6.13. The van der Waals surface area contributed by atoms with E-state index in [0.717, 1.165) is 0 Å². The zero-order valence-corrected chi connectivity index (χ0v) is 11.8. The molecular weight excluding hydrogens is 190 g/mol. The molecule has 0 heterocycles. The summed E-state index contributed by atoms with van der Waals surface area (Å²) in [5.41, 5.74) is 0. The molecule has 0 aliphatic carbocycles. The van der Waals surface area contributed by atoms with Gasteiger partial charge in [-0.3, -0.25) is 0 Å². The second kappa shape index (κ2) is 4.78. The molecule has 0 bridgehead atoms. The van der Waals surface area contributed by atoms with Gasteiger partial charge in [-0.25, -0.2) is 20.3 Å². The van der Waals surface area contributed by atoms with Crippen LogP contribution in [0.1, 0.15) is 0 Å². The van der Waals surface area contributed by atoms with Crippen molar-refractivity contribution in [3.8, 4) is 0 Å². The molecule has 0 N–H and O–H groups in total. The highest BCUT2D eigenvalue weighted by Crippen LogP contribution is 2.18. The lowest BCUT2D eigenvalue weighted by Gasteiger charge is -1.98. The molecule has 10 heavy (non-hydrogen) atoms. The minimum absolute atomic E-state index is 1.19. The fourth-order valence-electron chi connectivity index (χ4n) is 0.712. The Morgan fingerprint density at radius 1 is 0.800 bits per heavy atom. The van der Waals surface area contributed by atoms with E-state index in [1.807, 2.05) is 20.3 Å². The van der Waals surface area contributed by atoms with Gasteiger partial charge < -0.3 is 0 Å². The summed E-state index contributed by atoms with van der Waals surface area (Å²) in [6.45, 7) is 0. The van der Waals surface area contributed by atoms with Gasteiger partial charge in [-0.15, -0.1) is 0 Å². The van der Waals surface area contributed by atoms with E-state index in [1.54, 1.807) is 0 Å². The molecule has 0 spiro atoms. The molecule has 0 unspecified atom stereocenters. The van der Waals surface area contributed by atoms with Crippen molar-refractivity contribution >= 4 is 50.6 Å². The minimum Gasteiger partial charge on any atom is -0.235 e. The lowest BCUT2D eigenvalue weighted by atomic mass is 10.4. The Balaban J connectivity index is 2.80. The number of rotatable bonds is 2. The van der Waals surface area contributed by atoms with E-state index in [4.69, 9.17) is 0 Å². The van der Waals surface area contributed by atoms with Gasteiger partial charge in [0.1, 0.15) is 0 Å². The Bertz CT molecular complexity index is 174. The van der Waals surface area contributed by atoms with Gasteiger partial charge in [0.05, 0.1) is 0 Å². The van der Waals surface area contributed by atoms with Gasteiger partial charge in [-0.05, 0) is 34.1 Å². The molecule has 1 aromatic rings. The molecule has 1 aromatic carbocycles. The maximum absolute atomic E-state index is 2.21. The van der Waals surface area contributed by atoms with E-state index in [9.17, 15) is 0 Å². The third-order valence-electron chi connectivity index (χ3n) is 1.30. The Morgan fingerprint density at radius 3 is 1.30 bits per heavy atom. The van der Waals surface area contributed by atoms with Crippen molar-refractivity contribution in [3.05, 3.63) is 24.3 Å². The largest absolute Gasteiger partial charge is 0.311 e. The van der Waals surface area contributed by atoms with Crippen LogP contribution >= 0.6 is 20.3 Å². The minimum atomic E-state index is 1.19. The highest BCUT2D eigenvalue weighted by atomic mass is 32.3. The van der Waals surface area contributed by atoms with Crippen molar-refractivity contribution in [1.29, 1.82) is 0 Å². The maximum Gasteiger partial charge on any atom is 0.311 e. The number of hydrogen-bond donors (Lipinski definition) is 0. The van der Waals surface area contributed by atoms with Crippen molar-refractivity contribution in [2.24, 2.45) is 0 Å². The Morgan fingerprint density at radius 2 is 1.10 bits per heavy atom. The first-order valence-corrected chi connectivity index (χ1v) is 10.4. The van der Waals surface area contributed by atoms with Crippen LogP contribution in [0.15, 0.2) is 34.1 Å². The average molecular weight is 198 g/mol. The number of benzene rings is 1. The van der Waals surface area contributed by atoms with Gasteiger partial charge in [0.2, 0.25) is 0 Å². The van der Waals surface area contributed by atoms with E-state index < -0.39 is 0 Å². The van der Waals surface area contributed by atoms with Crippen LogP contribution in [0.4, 0.5) is 0 Å². The molecule has 0 fully saturated rings. The van der Waals surface area contributed by atoms with E-state index in [2.05, 4.69) is 24.3 Å². The summed E-state index contributed by atoms with van der Waals surface area (Å²) in [7, 11) is 3.86. The molecule has 0 amide bonds. The smallest absolute Gasteiger partial charge is 0.235 e. The second-order valence-corrected chi connectivity index (χ2v) is 6.09. The third kappa shape index (κ3) is 2.55. The molecule has 0 aliphatic rings. The van der Waals surface area contributed by atoms with Crippen molar-refractivity contribution in [1.82, 2.24) is 0 Å². The van der Waals surface area contributed by atoms with Crippen molar-refractivity contribution < 1.29 is 0 Å². The van der Waals surface area contributed by atoms with Crippen LogP contribution < -0.4 is 0 Å². The van der Waals surface area contributed by atoms with Crippen LogP contribution in [-0.4, -0.2) is 30.3 Å². The molecule has 0 aromatic heterocycles. The second-order valence-electron chi connectivity index (χ2n) is 1.88. The first-order valence-electron chi connectivity index (χ1n) is 3.05. The van der Waals surface area contributed by atoms with Gasteiger partial charge in [0.15, 0.2) is 0 Å². The Hall–Kier alpha value is 0.985. The fraction of sp³-hybridized carbons (Fsp3) is 0. The topological polar surface area (TPSA) is 0 Å².